The predicted octanol–water partition coefficient (Wildman–Crippen LogP) is 2.88. The molecule has 0 atom stereocenters. The lowest BCUT2D eigenvalue weighted by molar-refractivity contribution is -0.119. The van der Waals surface area contributed by atoms with Crippen molar-refractivity contribution >= 4 is 31.6 Å². The molecule has 1 amide bonds. The van der Waals surface area contributed by atoms with Crippen LogP contribution in [-0.4, -0.2) is 74.1 Å². The highest BCUT2D eigenvalue weighted by Crippen LogP contribution is 2.32. The Morgan fingerprint density at radius 1 is 0.829 bits per heavy atom. The Morgan fingerprint density at radius 3 is 2.07 bits per heavy atom. The summed E-state index contributed by atoms with van der Waals surface area (Å²) in [6, 6.07) is 18.5. The van der Waals surface area contributed by atoms with E-state index in [2.05, 4.69) is 5.32 Å². The minimum atomic E-state index is -4.15. The van der Waals surface area contributed by atoms with Gasteiger partial charge in [-0.25, -0.2) is 16.8 Å². The summed E-state index contributed by atoms with van der Waals surface area (Å²) in [7, 11) is -4.77. The van der Waals surface area contributed by atoms with Gasteiger partial charge in [-0.15, -0.1) is 0 Å². The van der Waals surface area contributed by atoms with Crippen LogP contribution in [0.5, 0.6) is 17.2 Å². The first-order chi connectivity index (χ1) is 19.7. The van der Waals surface area contributed by atoms with Crippen LogP contribution in [0.25, 0.3) is 0 Å². The molecule has 1 N–H and O–H groups in total. The van der Waals surface area contributed by atoms with E-state index in [1.807, 2.05) is 0 Å². The average Bonchev–Trinajstić information content (AvgIpc) is 3.55. The van der Waals surface area contributed by atoms with Crippen molar-refractivity contribution in [2.45, 2.75) is 22.6 Å². The summed E-state index contributed by atoms with van der Waals surface area (Å²) in [6.45, 7) is 0.725. The maximum absolute atomic E-state index is 13.6. The number of carbonyl (C=O) groups is 1. The van der Waals surface area contributed by atoms with Crippen molar-refractivity contribution in [2.75, 3.05) is 51.3 Å². The number of ether oxygens (including phenoxy) is 3. The largest absolute Gasteiger partial charge is 0.497 e. The highest BCUT2D eigenvalue weighted by molar-refractivity contribution is 7.93. The normalized spacial score (nSPS) is 13.9. The number of benzene rings is 3. The summed E-state index contributed by atoms with van der Waals surface area (Å²) in [6.07, 6.45) is 1.71. The van der Waals surface area contributed by atoms with Crippen LogP contribution in [0.2, 0.25) is 0 Å². The maximum atomic E-state index is 13.6. The van der Waals surface area contributed by atoms with Crippen molar-refractivity contribution in [3.63, 3.8) is 0 Å². The molecule has 0 spiro atoms. The number of methoxy groups -OCH3 is 2. The second-order valence-corrected chi connectivity index (χ2v) is 12.9. The van der Waals surface area contributed by atoms with E-state index in [1.54, 1.807) is 36.4 Å². The van der Waals surface area contributed by atoms with Crippen molar-refractivity contribution in [1.82, 2.24) is 9.62 Å². The number of para-hydroxylation sites is 2. The number of amides is 1. The van der Waals surface area contributed by atoms with Gasteiger partial charge in [-0.2, -0.15) is 4.31 Å². The molecular formula is C28H33N3O8S2. The number of rotatable bonds is 13. The lowest BCUT2D eigenvalue weighted by atomic mass is 10.3. The van der Waals surface area contributed by atoms with Crippen molar-refractivity contribution in [1.29, 1.82) is 0 Å². The standard InChI is InChI=1S/C28H33N3O8S2/c1-37-22-9-13-25(14-10-22)41(35,36)31(26-7-3-4-8-27(26)38-2)21-28(32)29-17-20-39-23-11-15-24(16-12-23)40(33,34)30-18-5-6-19-30/h3-4,7-16H,5-6,17-21H2,1-2H3,(H,29,32). The molecule has 4 rings (SSSR count). The number of hydrogen-bond donors (Lipinski definition) is 1. The van der Waals surface area contributed by atoms with Gasteiger partial charge >= 0.3 is 0 Å². The second kappa shape index (κ2) is 13.2. The number of sulfonamides is 2. The van der Waals surface area contributed by atoms with E-state index in [1.165, 1.54) is 54.9 Å². The average molecular weight is 604 g/mol. The third kappa shape index (κ3) is 7.10. The number of hydrogen-bond acceptors (Lipinski definition) is 8. The summed E-state index contributed by atoms with van der Waals surface area (Å²) < 4.78 is 71.2. The van der Waals surface area contributed by atoms with Gasteiger partial charge in [0.25, 0.3) is 10.0 Å². The van der Waals surface area contributed by atoms with Gasteiger partial charge in [0.1, 0.15) is 30.4 Å². The van der Waals surface area contributed by atoms with E-state index in [0.29, 0.717) is 24.6 Å². The van der Waals surface area contributed by atoms with Gasteiger partial charge < -0.3 is 19.5 Å². The zero-order valence-electron chi connectivity index (χ0n) is 22.9. The van der Waals surface area contributed by atoms with Gasteiger partial charge in [-0.1, -0.05) is 12.1 Å². The minimum Gasteiger partial charge on any atom is -0.497 e. The van der Waals surface area contributed by atoms with Crippen LogP contribution in [-0.2, 0) is 24.8 Å². The predicted molar refractivity (Wildman–Crippen MR) is 153 cm³/mol. The molecule has 0 aromatic heterocycles. The number of carbonyl (C=O) groups excluding carboxylic acids is 1. The fourth-order valence-electron chi connectivity index (χ4n) is 4.34. The molecule has 11 nitrogen and oxygen atoms in total. The lowest BCUT2D eigenvalue weighted by Crippen LogP contribution is -2.42. The summed E-state index contributed by atoms with van der Waals surface area (Å²) >= 11 is 0. The zero-order valence-corrected chi connectivity index (χ0v) is 24.5. The molecule has 220 valence electrons. The minimum absolute atomic E-state index is 0.0180. The van der Waals surface area contributed by atoms with Gasteiger partial charge in [-0.3, -0.25) is 9.10 Å². The van der Waals surface area contributed by atoms with Crippen LogP contribution < -0.4 is 23.8 Å². The Labute approximate surface area is 240 Å². The van der Waals surface area contributed by atoms with E-state index in [0.717, 1.165) is 17.1 Å². The summed E-state index contributed by atoms with van der Waals surface area (Å²) in [5, 5.41) is 2.67. The molecule has 1 fully saturated rings. The van der Waals surface area contributed by atoms with Crippen LogP contribution in [0.4, 0.5) is 5.69 Å². The first-order valence-electron chi connectivity index (χ1n) is 13.0. The summed E-state index contributed by atoms with van der Waals surface area (Å²) in [5.41, 5.74) is 0.209. The quantitative estimate of drug-likeness (QED) is 0.295. The lowest BCUT2D eigenvalue weighted by Gasteiger charge is -2.25. The molecule has 0 bridgehead atoms. The Morgan fingerprint density at radius 2 is 1.44 bits per heavy atom. The molecule has 1 aliphatic rings. The second-order valence-electron chi connectivity index (χ2n) is 9.14. The molecule has 0 saturated carbocycles. The fraction of sp³-hybridized carbons (Fsp3) is 0.321. The summed E-state index contributed by atoms with van der Waals surface area (Å²) in [5.74, 6) is 0.672. The fourth-order valence-corrected chi connectivity index (χ4v) is 7.29. The van der Waals surface area contributed by atoms with Gasteiger partial charge in [-0.05, 0) is 73.5 Å². The van der Waals surface area contributed by atoms with Gasteiger partial charge in [0.2, 0.25) is 15.9 Å². The van der Waals surface area contributed by atoms with Crippen molar-refractivity contribution in [3.8, 4) is 17.2 Å². The Balaban J connectivity index is 1.39. The molecule has 3 aromatic rings. The first kappa shape index (κ1) is 30.2. The molecule has 0 radical (unpaired) electrons. The molecule has 3 aromatic carbocycles. The van der Waals surface area contributed by atoms with Crippen molar-refractivity contribution in [2.24, 2.45) is 0 Å². The van der Waals surface area contributed by atoms with Crippen LogP contribution in [0.3, 0.4) is 0 Å². The van der Waals surface area contributed by atoms with E-state index < -0.39 is 32.5 Å². The molecule has 0 unspecified atom stereocenters. The zero-order chi connectivity index (χ0) is 29.5. The van der Waals surface area contributed by atoms with E-state index >= 15 is 0 Å². The summed E-state index contributed by atoms with van der Waals surface area (Å²) in [4.78, 5) is 13.1. The van der Waals surface area contributed by atoms with E-state index in [9.17, 15) is 21.6 Å². The Bertz CT molecular complexity index is 1540. The number of nitrogens with one attached hydrogen (secondary N) is 1. The van der Waals surface area contributed by atoms with E-state index in [4.69, 9.17) is 14.2 Å². The van der Waals surface area contributed by atoms with Gasteiger partial charge in [0.15, 0.2) is 0 Å². The monoisotopic (exact) mass is 603 g/mol. The van der Waals surface area contributed by atoms with Gasteiger partial charge in [0, 0.05) is 13.1 Å². The van der Waals surface area contributed by atoms with Gasteiger partial charge in [0.05, 0.1) is 36.2 Å². The Kier molecular flexibility index (Phi) is 9.73. The number of anilines is 1. The van der Waals surface area contributed by atoms with Crippen molar-refractivity contribution < 1.29 is 35.8 Å². The van der Waals surface area contributed by atoms with Crippen LogP contribution >= 0.6 is 0 Å². The number of nitrogens with zero attached hydrogens (tertiary/aromatic N) is 2. The molecule has 1 aliphatic heterocycles. The highest BCUT2D eigenvalue weighted by atomic mass is 32.2. The Hall–Kier alpha value is -3.81. The molecule has 0 aliphatic carbocycles. The van der Waals surface area contributed by atoms with Crippen molar-refractivity contribution in [3.05, 3.63) is 72.8 Å². The third-order valence-corrected chi connectivity index (χ3v) is 10.2. The first-order valence-corrected chi connectivity index (χ1v) is 15.8. The molecule has 1 heterocycles. The molecular weight excluding hydrogens is 570 g/mol. The highest BCUT2D eigenvalue weighted by Gasteiger charge is 2.30. The van der Waals surface area contributed by atoms with E-state index in [-0.39, 0.29) is 34.4 Å². The van der Waals surface area contributed by atoms with Crippen LogP contribution in [0.15, 0.2) is 82.6 Å². The van der Waals surface area contributed by atoms with Crippen LogP contribution in [0.1, 0.15) is 12.8 Å². The smallest absolute Gasteiger partial charge is 0.264 e. The SMILES string of the molecule is COc1ccc(S(=O)(=O)N(CC(=O)NCCOc2ccc(S(=O)(=O)N3CCCC3)cc2)c2ccccc2OC)cc1. The topological polar surface area (TPSA) is 132 Å². The third-order valence-electron chi connectivity index (χ3n) is 6.51. The molecule has 13 heteroatoms. The maximum Gasteiger partial charge on any atom is 0.264 e. The van der Waals surface area contributed by atoms with Crippen LogP contribution in [0, 0.1) is 0 Å². The molecule has 1 saturated heterocycles. The molecule has 41 heavy (non-hydrogen) atoms.